The number of allylic oxidation sites excluding steroid dienone is 1. The van der Waals surface area contributed by atoms with E-state index < -0.39 is 6.09 Å². The fourth-order valence-electron chi connectivity index (χ4n) is 1.91. The highest BCUT2D eigenvalue weighted by Crippen LogP contribution is 2.09. The van der Waals surface area contributed by atoms with Gasteiger partial charge in [0.15, 0.2) is 0 Å². The van der Waals surface area contributed by atoms with Crippen LogP contribution in [0.1, 0.15) is 16.1 Å². The van der Waals surface area contributed by atoms with Crippen molar-refractivity contribution < 1.29 is 14.3 Å². The Bertz CT molecular complexity index is 725. The summed E-state index contributed by atoms with van der Waals surface area (Å²) >= 11 is 0. The summed E-state index contributed by atoms with van der Waals surface area (Å²) in [4.78, 5) is 29.7. The zero-order valence-electron chi connectivity index (χ0n) is 14.3. The molecule has 2 aromatic rings. The monoisotopic (exact) mass is 339 g/mol. The molecule has 1 N–H and O–H groups in total. The molecular weight excluding hydrogens is 318 g/mol. The number of hydrogen-bond acceptors (Lipinski definition) is 5. The van der Waals surface area contributed by atoms with Gasteiger partial charge in [0, 0.05) is 6.54 Å². The number of nitrogens with one attached hydrogen (secondary N) is 1. The Hall–Kier alpha value is -2.99. The Labute approximate surface area is 147 Å². The molecule has 1 heterocycles. The molecule has 1 aromatic heterocycles. The van der Waals surface area contributed by atoms with Crippen molar-refractivity contribution in [1.29, 1.82) is 0 Å². The highest BCUT2D eigenvalue weighted by Gasteiger charge is 2.06. The third-order valence-electron chi connectivity index (χ3n) is 3.26. The second kappa shape index (κ2) is 9.34. The largest absolute Gasteiger partial charge is 0.448 e. The molecule has 0 unspecified atom stereocenters. The SMILES string of the molecule is CN(C)CCOC(=O)Nc1ccc(C(=O)/C=C\c2ccccc2)nc1. The average molecular weight is 339 g/mol. The van der Waals surface area contributed by atoms with E-state index in [9.17, 15) is 9.59 Å². The molecule has 0 spiro atoms. The molecule has 6 heteroatoms. The molecule has 6 nitrogen and oxygen atoms in total. The molecule has 0 aliphatic heterocycles. The Morgan fingerprint density at radius 1 is 1.16 bits per heavy atom. The van der Waals surface area contributed by atoms with Gasteiger partial charge in [-0.3, -0.25) is 15.1 Å². The van der Waals surface area contributed by atoms with Gasteiger partial charge in [0.1, 0.15) is 12.3 Å². The van der Waals surface area contributed by atoms with Gasteiger partial charge < -0.3 is 9.64 Å². The van der Waals surface area contributed by atoms with Gasteiger partial charge in [0.25, 0.3) is 0 Å². The molecule has 0 atom stereocenters. The van der Waals surface area contributed by atoms with Crippen LogP contribution in [0.15, 0.2) is 54.7 Å². The van der Waals surface area contributed by atoms with Crippen LogP contribution in [0.3, 0.4) is 0 Å². The van der Waals surface area contributed by atoms with Crippen LogP contribution in [0.25, 0.3) is 6.08 Å². The summed E-state index contributed by atoms with van der Waals surface area (Å²) < 4.78 is 5.02. The average Bonchev–Trinajstić information content (AvgIpc) is 2.61. The van der Waals surface area contributed by atoms with Gasteiger partial charge in [0.2, 0.25) is 5.78 Å². The number of amides is 1. The number of carbonyl (C=O) groups excluding carboxylic acids is 2. The number of aromatic nitrogens is 1. The maximum atomic E-state index is 12.1. The topological polar surface area (TPSA) is 71.5 Å². The summed E-state index contributed by atoms with van der Waals surface area (Å²) in [6.07, 6.45) is 4.08. The minimum absolute atomic E-state index is 0.205. The number of ketones is 1. The molecule has 0 aliphatic rings. The first kappa shape index (κ1) is 18.4. The van der Waals surface area contributed by atoms with E-state index in [1.807, 2.05) is 49.3 Å². The van der Waals surface area contributed by atoms with Crippen LogP contribution in [0.5, 0.6) is 0 Å². The molecule has 0 bridgehead atoms. The standard InChI is InChI=1S/C19H21N3O3/c1-22(2)12-13-25-19(24)21-16-9-10-17(20-14-16)18(23)11-8-15-6-4-3-5-7-15/h3-11,14H,12-13H2,1-2H3,(H,21,24)/b11-8-. The minimum atomic E-state index is -0.549. The number of nitrogens with zero attached hydrogens (tertiary/aromatic N) is 2. The van der Waals surface area contributed by atoms with Crippen molar-refractivity contribution in [3.05, 3.63) is 66.0 Å². The fraction of sp³-hybridized carbons (Fsp3) is 0.211. The normalized spacial score (nSPS) is 10.8. The molecule has 0 saturated heterocycles. The van der Waals surface area contributed by atoms with E-state index >= 15 is 0 Å². The number of anilines is 1. The van der Waals surface area contributed by atoms with E-state index in [0.717, 1.165) is 5.56 Å². The summed E-state index contributed by atoms with van der Waals surface area (Å²) in [5.41, 5.74) is 1.71. The lowest BCUT2D eigenvalue weighted by Crippen LogP contribution is -2.22. The van der Waals surface area contributed by atoms with Crippen LogP contribution in [0.2, 0.25) is 0 Å². The van der Waals surface area contributed by atoms with Crippen LogP contribution in [0, 0.1) is 0 Å². The van der Waals surface area contributed by atoms with Gasteiger partial charge in [-0.1, -0.05) is 36.4 Å². The smallest absolute Gasteiger partial charge is 0.411 e. The predicted octanol–water partition coefficient (Wildman–Crippen LogP) is 3.09. The molecule has 2 rings (SSSR count). The summed E-state index contributed by atoms with van der Waals surface area (Å²) in [7, 11) is 3.79. The third-order valence-corrected chi connectivity index (χ3v) is 3.26. The molecule has 0 saturated carbocycles. The lowest BCUT2D eigenvalue weighted by molar-refractivity contribution is 0.104. The van der Waals surface area contributed by atoms with Crippen LogP contribution in [0.4, 0.5) is 10.5 Å². The van der Waals surface area contributed by atoms with Crippen molar-refractivity contribution in [1.82, 2.24) is 9.88 Å². The number of hydrogen-bond donors (Lipinski definition) is 1. The van der Waals surface area contributed by atoms with Crippen molar-refractivity contribution in [2.24, 2.45) is 0 Å². The first-order valence-corrected chi connectivity index (χ1v) is 7.86. The Balaban J connectivity index is 1.87. The van der Waals surface area contributed by atoms with E-state index in [2.05, 4.69) is 10.3 Å². The first-order valence-electron chi connectivity index (χ1n) is 7.86. The summed E-state index contributed by atoms with van der Waals surface area (Å²) in [5.74, 6) is -0.205. The number of likely N-dealkylation sites (N-methyl/N-ethyl adjacent to an activating group) is 1. The van der Waals surface area contributed by atoms with Crippen LogP contribution in [-0.4, -0.2) is 49.0 Å². The predicted molar refractivity (Wildman–Crippen MR) is 97.6 cm³/mol. The second-order valence-corrected chi connectivity index (χ2v) is 5.60. The Kier molecular flexibility index (Phi) is 6.86. The highest BCUT2D eigenvalue weighted by molar-refractivity contribution is 6.05. The lowest BCUT2D eigenvalue weighted by Gasteiger charge is -2.10. The maximum absolute atomic E-state index is 12.1. The van der Waals surface area contributed by atoms with Gasteiger partial charge in [-0.05, 0) is 37.9 Å². The summed E-state index contributed by atoms with van der Waals surface area (Å²) in [6, 6.07) is 12.7. The van der Waals surface area contributed by atoms with Crippen molar-refractivity contribution in [2.45, 2.75) is 0 Å². The maximum Gasteiger partial charge on any atom is 0.411 e. The molecule has 0 radical (unpaired) electrons. The van der Waals surface area contributed by atoms with Crippen molar-refractivity contribution in [3.63, 3.8) is 0 Å². The van der Waals surface area contributed by atoms with Gasteiger partial charge in [0.05, 0.1) is 11.9 Å². The van der Waals surface area contributed by atoms with Crippen molar-refractivity contribution >= 4 is 23.6 Å². The molecule has 0 aliphatic carbocycles. The molecule has 1 amide bonds. The fourth-order valence-corrected chi connectivity index (χ4v) is 1.91. The summed E-state index contributed by atoms with van der Waals surface area (Å²) in [5, 5.41) is 2.57. The van der Waals surface area contributed by atoms with Crippen LogP contribution >= 0.6 is 0 Å². The van der Waals surface area contributed by atoms with Gasteiger partial charge in [-0.2, -0.15) is 0 Å². The molecule has 0 fully saturated rings. The number of rotatable bonds is 7. The van der Waals surface area contributed by atoms with E-state index in [1.165, 1.54) is 12.3 Å². The Morgan fingerprint density at radius 3 is 2.56 bits per heavy atom. The van der Waals surface area contributed by atoms with Crippen molar-refractivity contribution in [3.8, 4) is 0 Å². The van der Waals surface area contributed by atoms with E-state index in [4.69, 9.17) is 4.74 Å². The highest BCUT2D eigenvalue weighted by atomic mass is 16.5. The van der Waals surface area contributed by atoms with Gasteiger partial charge in [-0.25, -0.2) is 4.79 Å². The molecular formula is C19H21N3O3. The van der Waals surface area contributed by atoms with Crippen molar-refractivity contribution in [2.75, 3.05) is 32.6 Å². The van der Waals surface area contributed by atoms with Gasteiger partial charge in [-0.15, -0.1) is 0 Å². The second-order valence-electron chi connectivity index (χ2n) is 5.60. The Morgan fingerprint density at radius 2 is 1.92 bits per heavy atom. The van der Waals surface area contributed by atoms with Crippen LogP contribution in [-0.2, 0) is 4.74 Å². The number of pyridine rings is 1. The number of benzene rings is 1. The zero-order chi connectivity index (χ0) is 18.1. The van der Waals surface area contributed by atoms with E-state index in [1.54, 1.807) is 18.2 Å². The first-order chi connectivity index (χ1) is 12.0. The van der Waals surface area contributed by atoms with Crippen LogP contribution < -0.4 is 5.32 Å². The zero-order valence-corrected chi connectivity index (χ0v) is 14.3. The van der Waals surface area contributed by atoms with Gasteiger partial charge >= 0.3 is 6.09 Å². The lowest BCUT2D eigenvalue weighted by atomic mass is 10.1. The quantitative estimate of drug-likeness (QED) is 0.620. The molecule has 1 aromatic carbocycles. The minimum Gasteiger partial charge on any atom is -0.448 e. The summed E-state index contributed by atoms with van der Waals surface area (Å²) in [6.45, 7) is 0.944. The molecule has 130 valence electrons. The number of ether oxygens (including phenoxy) is 1. The number of carbonyl (C=O) groups is 2. The third kappa shape index (κ3) is 6.56. The molecule has 25 heavy (non-hydrogen) atoms. The van der Waals surface area contributed by atoms with E-state index in [0.29, 0.717) is 24.5 Å². The van der Waals surface area contributed by atoms with E-state index in [-0.39, 0.29) is 5.78 Å².